The predicted octanol–water partition coefficient (Wildman–Crippen LogP) is 2.46. The second kappa shape index (κ2) is 5.52. The first kappa shape index (κ1) is 13.5. The van der Waals surface area contributed by atoms with Gasteiger partial charge in [0.1, 0.15) is 18.3 Å². The zero-order valence-corrected chi connectivity index (χ0v) is 12.0. The fourth-order valence-corrected chi connectivity index (χ4v) is 3.25. The van der Waals surface area contributed by atoms with E-state index in [1.807, 2.05) is 24.3 Å². The molecule has 0 radical (unpaired) electrons. The third-order valence-electron chi connectivity index (χ3n) is 3.18. The summed E-state index contributed by atoms with van der Waals surface area (Å²) in [7, 11) is 1.31. The lowest BCUT2D eigenvalue weighted by Crippen LogP contribution is -2.05. The first-order valence-electron chi connectivity index (χ1n) is 6.27. The minimum absolute atomic E-state index is 0.267. The Morgan fingerprint density at radius 3 is 3.10 bits per heavy atom. The number of esters is 1. The second-order valence-electron chi connectivity index (χ2n) is 4.42. The van der Waals surface area contributed by atoms with Crippen LogP contribution in [-0.4, -0.2) is 30.6 Å². The Morgan fingerprint density at radius 2 is 2.33 bits per heavy atom. The van der Waals surface area contributed by atoms with Gasteiger partial charge in [-0.05, 0) is 12.1 Å². The van der Waals surface area contributed by atoms with Crippen molar-refractivity contribution in [3.05, 3.63) is 40.2 Å². The highest BCUT2D eigenvalue weighted by Gasteiger charge is 2.28. The highest BCUT2D eigenvalue weighted by Crippen LogP contribution is 2.41. The zero-order valence-electron chi connectivity index (χ0n) is 11.2. The van der Waals surface area contributed by atoms with Crippen molar-refractivity contribution in [2.45, 2.75) is 5.92 Å². The largest absolute Gasteiger partial charge is 0.492 e. The van der Waals surface area contributed by atoms with Crippen LogP contribution in [-0.2, 0) is 9.53 Å². The average molecular weight is 301 g/mol. The number of para-hydroxylation sites is 1. The number of fused-ring (bicyclic) bond motifs is 3. The Bertz CT molecular complexity index is 746. The van der Waals surface area contributed by atoms with E-state index < -0.39 is 5.97 Å². The molecule has 0 amide bonds. The number of aromatic nitrogens is 1. The van der Waals surface area contributed by atoms with Gasteiger partial charge in [0.25, 0.3) is 0 Å². The highest BCUT2D eigenvalue weighted by molar-refractivity contribution is 7.14. The summed E-state index contributed by atoms with van der Waals surface area (Å²) in [6.07, 6.45) is 1.39. The van der Waals surface area contributed by atoms with E-state index in [0.717, 1.165) is 10.4 Å². The second-order valence-corrected chi connectivity index (χ2v) is 5.45. The summed E-state index contributed by atoms with van der Waals surface area (Å²) in [6.45, 7) is 0.308. The monoisotopic (exact) mass is 301 g/mol. The molecule has 0 aliphatic carbocycles. The molecule has 0 bridgehead atoms. The number of methoxy groups -OCH3 is 1. The first-order chi connectivity index (χ1) is 10.2. The fraction of sp³-hybridized carbons (Fsp3) is 0.200. The minimum Gasteiger partial charge on any atom is -0.492 e. The molecule has 3 rings (SSSR count). The van der Waals surface area contributed by atoms with Gasteiger partial charge in [-0.1, -0.05) is 12.1 Å². The van der Waals surface area contributed by atoms with E-state index in [9.17, 15) is 9.59 Å². The quantitative estimate of drug-likeness (QED) is 0.629. The molecular formula is C15H11NO4S. The maximum Gasteiger partial charge on any atom is 0.367 e. The molecule has 6 heteroatoms. The maximum absolute atomic E-state index is 11.7. The van der Waals surface area contributed by atoms with Crippen molar-refractivity contribution in [2.24, 2.45) is 0 Å². The molecule has 0 saturated heterocycles. The Hall–Kier alpha value is -2.43. The number of rotatable bonds is 2. The average Bonchev–Trinajstić information content (AvgIpc) is 2.90. The fourth-order valence-electron chi connectivity index (χ4n) is 2.20. The normalized spacial score (nSPS) is 15.8. The number of carbonyl (C=O) groups is 1. The topological polar surface area (TPSA) is 65.5 Å². The van der Waals surface area contributed by atoms with E-state index in [-0.39, 0.29) is 10.9 Å². The minimum atomic E-state index is -0.486. The molecule has 1 atom stereocenters. The van der Waals surface area contributed by atoms with E-state index in [1.165, 1.54) is 24.5 Å². The Kier molecular flexibility index (Phi) is 3.56. The van der Waals surface area contributed by atoms with Gasteiger partial charge in [0, 0.05) is 16.5 Å². The van der Waals surface area contributed by atoms with Crippen molar-refractivity contribution in [3.63, 3.8) is 0 Å². The van der Waals surface area contributed by atoms with Crippen molar-refractivity contribution in [3.8, 4) is 17.0 Å². The molecule has 1 unspecified atom stereocenters. The highest BCUT2D eigenvalue weighted by atomic mass is 32.1. The molecule has 106 valence electrons. The Balaban J connectivity index is 2.21. The molecule has 0 spiro atoms. The lowest BCUT2D eigenvalue weighted by atomic mass is 10.0. The van der Waals surface area contributed by atoms with E-state index >= 15 is 0 Å². The third kappa shape index (κ3) is 2.35. The van der Waals surface area contributed by atoms with Crippen LogP contribution in [0.15, 0.2) is 30.3 Å². The summed E-state index contributed by atoms with van der Waals surface area (Å²) in [5.41, 5.74) is 1.46. The molecule has 0 saturated carbocycles. The van der Waals surface area contributed by atoms with E-state index in [1.54, 1.807) is 5.94 Å². The van der Waals surface area contributed by atoms with Gasteiger partial charge in [-0.15, -0.1) is 11.3 Å². The standard InChI is InChI=1S/C15H11NO4S/c1-19-15(18)14-16-12-10-4-2-3-5-11(10)20-8-9(6-7-17)13(12)21-14/h2-6,9H,8H2,1H3. The molecule has 1 aliphatic rings. The molecule has 21 heavy (non-hydrogen) atoms. The smallest absolute Gasteiger partial charge is 0.367 e. The number of ether oxygens (including phenoxy) is 2. The summed E-state index contributed by atoms with van der Waals surface area (Å²) in [4.78, 5) is 27.6. The molecule has 5 nitrogen and oxygen atoms in total. The van der Waals surface area contributed by atoms with Crippen molar-refractivity contribution >= 4 is 23.2 Å². The number of hydrogen-bond donors (Lipinski definition) is 0. The van der Waals surface area contributed by atoms with Crippen LogP contribution in [0.4, 0.5) is 0 Å². The molecule has 1 aromatic carbocycles. The number of benzene rings is 1. The number of thiazole rings is 1. The number of nitrogens with zero attached hydrogens (tertiary/aromatic N) is 1. The summed E-state index contributed by atoms with van der Waals surface area (Å²) in [5.74, 6) is 1.71. The van der Waals surface area contributed by atoms with Crippen LogP contribution in [0, 0.1) is 0 Å². The van der Waals surface area contributed by atoms with Crippen molar-refractivity contribution < 1.29 is 19.1 Å². The summed E-state index contributed by atoms with van der Waals surface area (Å²) >= 11 is 1.22. The maximum atomic E-state index is 11.7. The van der Waals surface area contributed by atoms with Gasteiger partial charge in [-0.25, -0.2) is 14.6 Å². The lowest BCUT2D eigenvalue weighted by Gasteiger charge is -2.08. The van der Waals surface area contributed by atoms with Crippen LogP contribution in [0.3, 0.4) is 0 Å². The first-order valence-corrected chi connectivity index (χ1v) is 7.08. The number of carbonyl (C=O) groups excluding carboxylic acids is 2. The van der Waals surface area contributed by atoms with E-state index in [4.69, 9.17) is 9.47 Å². The van der Waals surface area contributed by atoms with Gasteiger partial charge in [-0.2, -0.15) is 0 Å². The van der Waals surface area contributed by atoms with Gasteiger partial charge in [0.15, 0.2) is 0 Å². The zero-order chi connectivity index (χ0) is 14.8. The van der Waals surface area contributed by atoms with Crippen LogP contribution < -0.4 is 4.74 Å². The van der Waals surface area contributed by atoms with Crippen molar-refractivity contribution in [1.82, 2.24) is 4.98 Å². The van der Waals surface area contributed by atoms with Gasteiger partial charge in [0.2, 0.25) is 5.01 Å². The van der Waals surface area contributed by atoms with E-state index in [2.05, 4.69) is 4.98 Å². The number of hydrogen-bond acceptors (Lipinski definition) is 6. The predicted molar refractivity (Wildman–Crippen MR) is 77.4 cm³/mol. The molecule has 2 aromatic rings. The van der Waals surface area contributed by atoms with Crippen LogP contribution in [0.25, 0.3) is 11.3 Å². The molecular weight excluding hydrogens is 290 g/mol. The Morgan fingerprint density at radius 1 is 1.52 bits per heavy atom. The third-order valence-corrected chi connectivity index (χ3v) is 4.35. The molecule has 1 aromatic heterocycles. The van der Waals surface area contributed by atoms with Crippen molar-refractivity contribution in [1.29, 1.82) is 0 Å². The van der Waals surface area contributed by atoms with E-state index in [0.29, 0.717) is 18.1 Å². The molecule has 0 N–H and O–H groups in total. The summed E-state index contributed by atoms with van der Waals surface area (Å²) < 4.78 is 10.4. The van der Waals surface area contributed by atoms with Crippen LogP contribution in [0.5, 0.6) is 5.75 Å². The van der Waals surface area contributed by atoms with Gasteiger partial charge in [-0.3, -0.25) is 0 Å². The van der Waals surface area contributed by atoms with Crippen LogP contribution >= 0.6 is 11.3 Å². The molecule has 0 fully saturated rings. The van der Waals surface area contributed by atoms with Crippen LogP contribution in [0.2, 0.25) is 0 Å². The summed E-state index contributed by atoms with van der Waals surface area (Å²) in [5, 5.41) is 0.267. The van der Waals surface area contributed by atoms with Crippen LogP contribution in [0.1, 0.15) is 20.6 Å². The van der Waals surface area contributed by atoms with Crippen molar-refractivity contribution in [2.75, 3.05) is 13.7 Å². The Labute approximate surface area is 124 Å². The van der Waals surface area contributed by atoms with Gasteiger partial charge < -0.3 is 9.47 Å². The van der Waals surface area contributed by atoms with Gasteiger partial charge >= 0.3 is 5.97 Å². The lowest BCUT2D eigenvalue weighted by molar-refractivity contribution is 0.0600. The SMILES string of the molecule is COC(=O)c1nc2c(s1)C(C=C=O)COc1ccccc1-2. The molecule has 2 heterocycles. The van der Waals surface area contributed by atoms with Gasteiger partial charge in [0.05, 0.1) is 18.7 Å². The summed E-state index contributed by atoms with van der Waals surface area (Å²) in [6, 6.07) is 7.45. The molecule has 1 aliphatic heterocycles.